The van der Waals surface area contributed by atoms with Crippen LogP contribution >= 0.6 is 0 Å². The summed E-state index contributed by atoms with van der Waals surface area (Å²) < 4.78 is 0. The number of piperidine rings is 1. The highest BCUT2D eigenvalue weighted by molar-refractivity contribution is 4.89. The Labute approximate surface area is 87.3 Å². The van der Waals surface area contributed by atoms with Crippen LogP contribution in [0.15, 0.2) is 0 Å². The first-order chi connectivity index (χ1) is 6.85. The molecule has 0 amide bonds. The number of likely N-dealkylation sites (tertiary alicyclic amines) is 1. The van der Waals surface area contributed by atoms with Crippen molar-refractivity contribution in [3.63, 3.8) is 0 Å². The predicted octanol–water partition coefficient (Wildman–Crippen LogP) is 1.88. The maximum Gasteiger partial charge on any atom is 0.0471 e. The quantitative estimate of drug-likeness (QED) is 0.730. The van der Waals surface area contributed by atoms with Gasteiger partial charge in [0.15, 0.2) is 0 Å². The van der Waals surface area contributed by atoms with Crippen LogP contribution in [0.4, 0.5) is 0 Å². The zero-order valence-electron chi connectivity index (χ0n) is 9.28. The topological polar surface area (TPSA) is 23.5 Å². The smallest absolute Gasteiger partial charge is 0.0471 e. The molecule has 3 atom stereocenters. The van der Waals surface area contributed by atoms with E-state index >= 15 is 0 Å². The van der Waals surface area contributed by atoms with Crippen LogP contribution in [0, 0.1) is 11.8 Å². The number of hydrogen-bond acceptors (Lipinski definition) is 2. The third-order valence-electron chi connectivity index (χ3n) is 4.13. The molecule has 1 aliphatic heterocycles. The largest absolute Gasteiger partial charge is 0.396 e. The Hall–Kier alpha value is -0.0800. The highest BCUT2D eigenvalue weighted by atomic mass is 16.3. The molecular weight excluding hydrogens is 174 g/mol. The molecule has 0 radical (unpaired) electrons. The Balaban J connectivity index is 2.01. The van der Waals surface area contributed by atoms with Crippen molar-refractivity contribution in [2.75, 3.05) is 19.7 Å². The third kappa shape index (κ3) is 1.96. The molecule has 14 heavy (non-hydrogen) atoms. The molecule has 0 unspecified atom stereocenters. The first-order valence-corrected chi connectivity index (χ1v) is 6.20. The summed E-state index contributed by atoms with van der Waals surface area (Å²) in [5.41, 5.74) is 0. The Morgan fingerprint density at radius 2 is 2.07 bits per heavy atom. The molecule has 0 aromatic rings. The molecular formula is C12H23NO. The summed E-state index contributed by atoms with van der Waals surface area (Å²) >= 11 is 0. The van der Waals surface area contributed by atoms with Gasteiger partial charge in [-0.05, 0) is 37.6 Å². The molecule has 0 bridgehead atoms. The minimum absolute atomic E-state index is 0.389. The lowest BCUT2D eigenvalue weighted by atomic mass is 9.75. The van der Waals surface area contributed by atoms with E-state index in [1.165, 1.54) is 32.1 Å². The van der Waals surface area contributed by atoms with Crippen molar-refractivity contribution < 1.29 is 5.11 Å². The maximum atomic E-state index is 9.27. The van der Waals surface area contributed by atoms with Crippen LogP contribution < -0.4 is 0 Å². The van der Waals surface area contributed by atoms with Gasteiger partial charge in [0, 0.05) is 19.2 Å². The van der Waals surface area contributed by atoms with E-state index in [4.69, 9.17) is 0 Å². The van der Waals surface area contributed by atoms with E-state index in [2.05, 4.69) is 11.8 Å². The summed E-state index contributed by atoms with van der Waals surface area (Å²) in [6.45, 7) is 4.94. The second-order valence-corrected chi connectivity index (χ2v) is 4.98. The fourth-order valence-corrected chi connectivity index (χ4v) is 3.41. The summed E-state index contributed by atoms with van der Waals surface area (Å²) in [4.78, 5) is 2.61. The molecule has 0 spiro atoms. The SMILES string of the molecule is CCN1C[C@@H](CO)C[C@H]2CCCC[C@H]21. The molecule has 1 N–H and O–H groups in total. The van der Waals surface area contributed by atoms with Crippen LogP contribution in [0.1, 0.15) is 39.0 Å². The van der Waals surface area contributed by atoms with Crippen molar-refractivity contribution in [3.8, 4) is 0 Å². The lowest BCUT2D eigenvalue weighted by Crippen LogP contribution is -2.50. The van der Waals surface area contributed by atoms with Gasteiger partial charge in [0.05, 0.1) is 0 Å². The van der Waals surface area contributed by atoms with Crippen molar-refractivity contribution in [2.24, 2.45) is 11.8 Å². The van der Waals surface area contributed by atoms with Crippen LogP contribution in [-0.4, -0.2) is 35.7 Å². The minimum Gasteiger partial charge on any atom is -0.396 e. The van der Waals surface area contributed by atoms with Gasteiger partial charge in [-0.15, -0.1) is 0 Å². The highest BCUT2D eigenvalue weighted by Crippen LogP contribution is 2.37. The molecule has 1 saturated carbocycles. The molecule has 82 valence electrons. The lowest BCUT2D eigenvalue weighted by Gasteiger charge is -2.46. The molecule has 1 saturated heterocycles. The molecule has 2 nitrogen and oxygen atoms in total. The van der Waals surface area contributed by atoms with E-state index in [0.29, 0.717) is 12.5 Å². The summed E-state index contributed by atoms with van der Waals surface area (Å²) in [6, 6.07) is 0.844. The van der Waals surface area contributed by atoms with E-state index in [1.807, 2.05) is 0 Å². The number of fused-ring (bicyclic) bond motifs is 1. The Kier molecular flexibility index (Phi) is 3.45. The van der Waals surface area contributed by atoms with Gasteiger partial charge < -0.3 is 10.0 Å². The highest BCUT2D eigenvalue weighted by Gasteiger charge is 2.36. The number of nitrogens with zero attached hydrogens (tertiary/aromatic N) is 1. The van der Waals surface area contributed by atoms with Gasteiger partial charge in [-0.1, -0.05) is 19.8 Å². The summed E-state index contributed by atoms with van der Waals surface area (Å²) in [6.07, 6.45) is 6.91. The molecule has 1 aliphatic carbocycles. The molecule has 2 heteroatoms. The summed E-state index contributed by atoms with van der Waals surface area (Å²) in [5.74, 6) is 1.43. The Morgan fingerprint density at radius 3 is 2.79 bits per heavy atom. The van der Waals surface area contributed by atoms with Crippen molar-refractivity contribution in [1.29, 1.82) is 0 Å². The zero-order valence-corrected chi connectivity index (χ0v) is 9.28. The second kappa shape index (κ2) is 4.63. The van der Waals surface area contributed by atoms with Crippen LogP contribution in [0.5, 0.6) is 0 Å². The normalized spacial score (nSPS) is 39.4. The average Bonchev–Trinajstić information content (AvgIpc) is 2.27. The zero-order chi connectivity index (χ0) is 9.97. The van der Waals surface area contributed by atoms with E-state index in [9.17, 15) is 5.11 Å². The number of hydrogen-bond donors (Lipinski definition) is 1. The van der Waals surface area contributed by atoms with Crippen molar-refractivity contribution >= 4 is 0 Å². The molecule has 2 fully saturated rings. The van der Waals surface area contributed by atoms with Crippen LogP contribution in [-0.2, 0) is 0 Å². The van der Waals surface area contributed by atoms with Gasteiger partial charge in [0.2, 0.25) is 0 Å². The first-order valence-electron chi connectivity index (χ1n) is 6.20. The monoisotopic (exact) mass is 197 g/mol. The third-order valence-corrected chi connectivity index (χ3v) is 4.13. The Bertz CT molecular complexity index is 175. The maximum absolute atomic E-state index is 9.27. The fraction of sp³-hybridized carbons (Fsp3) is 1.00. The van der Waals surface area contributed by atoms with Crippen LogP contribution in [0.25, 0.3) is 0 Å². The first kappa shape index (κ1) is 10.4. The minimum atomic E-state index is 0.389. The van der Waals surface area contributed by atoms with Gasteiger partial charge in [0.25, 0.3) is 0 Å². The molecule has 0 aromatic carbocycles. The van der Waals surface area contributed by atoms with Crippen molar-refractivity contribution in [2.45, 2.75) is 45.1 Å². The summed E-state index contributed by atoms with van der Waals surface area (Å²) in [7, 11) is 0. The van der Waals surface area contributed by atoms with Gasteiger partial charge in [-0.3, -0.25) is 0 Å². The number of aliphatic hydroxyl groups is 1. The van der Waals surface area contributed by atoms with E-state index in [0.717, 1.165) is 25.0 Å². The number of rotatable bonds is 2. The van der Waals surface area contributed by atoms with Gasteiger partial charge in [0.1, 0.15) is 0 Å². The molecule has 0 aromatic heterocycles. The lowest BCUT2D eigenvalue weighted by molar-refractivity contribution is 0.0139. The molecule has 2 rings (SSSR count). The van der Waals surface area contributed by atoms with Crippen molar-refractivity contribution in [1.82, 2.24) is 4.90 Å². The van der Waals surface area contributed by atoms with Crippen LogP contribution in [0.2, 0.25) is 0 Å². The van der Waals surface area contributed by atoms with E-state index in [-0.39, 0.29) is 0 Å². The summed E-state index contributed by atoms with van der Waals surface area (Å²) in [5, 5.41) is 9.27. The standard InChI is InChI=1S/C12H23NO/c1-2-13-8-10(9-14)7-11-5-3-4-6-12(11)13/h10-12,14H,2-9H2,1H3/t10-,11+,12+/m0/s1. The predicted molar refractivity (Wildman–Crippen MR) is 58.2 cm³/mol. The second-order valence-electron chi connectivity index (χ2n) is 4.98. The molecule has 2 aliphatic rings. The number of aliphatic hydroxyl groups excluding tert-OH is 1. The average molecular weight is 197 g/mol. The van der Waals surface area contributed by atoms with Gasteiger partial charge >= 0.3 is 0 Å². The molecule has 1 heterocycles. The van der Waals surface area contributed by atoms with Gasteiger partial charge in [-0.2, -0.15) is 0 Å². The van der Waals surface area contributed by atoms with E-state index < -0.39 is 0 Å². The van der Waals surface area contributed by atoms with Crippen molar-refractivity contribution in [3.05, 3.63) is 0 Å². The van der Waals surface area contributed by atoms with Crippen LogP contribution in [0.3, 0.4) is 0 Å². The van der Waals surface area contributed by atoms with Gasteiger partial charge in [-0.25, -0.2) is 0 Å². The fourth-order valence-electron chi connectivity index (χ4n) is 3.41. The van der Waals surface area contributed by atoms with E-state index in [1.54, 1.807) is 0 Å². The Morgan fingerprint density at radius 1 is 1.29 bits per heavy atom.